The van der Waals surface area contributed by atoms with Crippen LogP contribution in [-0.4, -0.2) is 55.8 Å². The molecule has 12 heteroatoms. The maximum absolute atomic E-state index is 12.7. The normalized spacial score (nSPS) is 10.8. The van der Waals surface area contributed by atoms with Gasteiger partial charge in [0.2, 0.25) is 23.3 Å². The van der Waals surface area contributed by atoms with Gasteiger partial charge in [0, 0.05) is 10.9 Å². The first-order valence-corrected chi connectivity index (χ1v) is 11.7. The summed E-state index contributed by atoms with van der Waals surface area (Å²) >= 11 is 1.04. The lowest BCUT2D eigenvalue weighted by atomic mass is 10.2. The first-order valence-electron chi connectivity index (χ1n) is 10.7. The lowest BCUT2D eigenvalue weighted by molar-refractivity contribution is -0.113. The Morgan fingerprint density at radius 3 is 2.39 bits per heavy atom. The van der Waals surface area contributed by atoms with Gasteiger partial charge in [-0.3, -0.25) is 4.79 Å². The Bertz CT molecular complexity index is 1370. The van der Waals surface area contributed by atoms with E-state index < -0.39 is 11.9 Å². The molecule has 0 saturated heterocycles. The molecule has 0 bridgehead atoms. The highest BCUT2D eigenvalue weighted by molar-refractivity contribution is 7.99. The molecule has 2 aromatic carbocycles. The number of nitrogens with one attached hydrogen (secondary N) is 1. The van der Waals surface area contributed by atoms with Crippen molar-refractivity contribution in [2.24, 2.45) is 0 Å². The van der Waals surface area contributed by atoms with Gasteiger partial charge in [-0.05, 0) is 31.2 Å². The third-order valence-corrected chi connectivity index (χ3v) is 5.78. The highest BCUT2D eigenvalue weighted by Gasteiger charge is 2.24. The number of aromatic nitrogens is 2. The minimum absolute atomic E-state index is 0.0569. The number of benzene rings is 2. The molecule has 0 aliphatic carbocycles. The molecule has 0 spiro atoms. The van der Waals surface area contributed by atoms with Crippen molar-refractivity contribution in [1.29, 1.82) is 0 Å². The van der Waals surface area contributed by atoms with E-state index in [4.69, 9.17) is 27.8 Å². The zero-order valence-corrected chi connectivity index (χ0v) is 20.8. The van der Waals surface area contributed by atoms with Crippen molar-refractivity contribution in [1.82, 2.24) is 10.2 Å². The molecule has 4 rings (SSSR count). The first kappa shape index (κ1) is 24.9. The van der Waals surface area contributed by atoms with Gasteiger partial charge in [-0.2, -0.15) is 0 Å². The average Bonchev–Trinajstić information content (AvgIpc) is 3.52. The van der Waals surface area contributed by atoms with Crippen molar-refractivity contribution in [2.75, 3.05) is 39.0 Å². The van der Waals surface area contributed by atoms with Gasteiger partial charge in [0.1, 0.15) is 11.3 Å². The minimum atomic E-state index is -0.663. The van der Waals surface area contributed by atoms with E-state index in [1.807, 2.05) is 0 Å². The van der Waals surface area contributed by atoms with E-state index in [1.165, 1.54) is 21.3 Å². The number of methoxy groups -OCH3 is 3. The number of para-hydroxylation sites is 1. The second kappa shape index (κ2) is 11.0. The third-order valence-electron chi connectivity index (χ3n) is 4.97. The van der Waals surface area contributed by atoms with E-state index >= 15 is 0 Å². The zero-order valence-electron chi connectivity index (χ0n) is 19.9. The molecule has 11 nitrogen and oxygen atoms in total. The van der Waals surface area contributed by atoms with Crippen LogP contribution in [0.4, 0.5) is 5.69 Å². The van der Waals surface area contributed by atoms with Crippen LogP contribution in [0.5, 0.6) is 17.2 Å². The number of hydrogen-bond acceptors (Lipinski definition) is 11. The van der Waals surface area contributed by atoms with Gasteiger partial charge in [-0.25, -0.2) is 4.79 Å². The van der Waals surface area contributed by atoms with Crippen LogP contribution in [0, 0.1) is 0 Å². The molecule has 0 unspecified atom stereocenters. The molecule has 1 N–H and O–H groups in total. The fourth-order valence-electron chi connectivity index (χ4n) is 3.40. The highest BCUT2D eigenvalue weighted by Crippen LogP contribution is 2.41. The number of nitrogens with zero attached hydrogens (tertiary/aromatic N) is 2. The Kier molecular flexibility index (Phi) is 7.64. The molecule has 36 heavy (non-hydrogen) atoms. The number of fused-ring (bicyclic) bond motifs is 1. The number of esters is 1. The molecule has 1 amide bonds. The standard InChI is InChI=1S/C24H23N3O8S/c1-5-33-23(29)21-19(14-8-6-7-9-15(14)34-21)25-18(28)12-36-24-27-26-22(35-24)13-10-16(30-2)20(32-4)17(11-13)31-3/h6-11H,5,12H2,1-4H3,(H,25,28). The smallest absolute Gasteiger partial charge is 0.376 e. The zero-order chi connectivity index (χ0) is 25.7. The van der Waals surface area contributed by atoms with Gasteiger partial charge < -0.3 is 33.1 Å². The first-order chi connectivity index (χ1) is 17.5. The van der Waals surface area contributed by atoms with Crippen LogP contribution in [0.3, 0.4) is 0 Å². The van der Waals surface area contributed by atoms with Crippen molar-refractivity contribution in [3.05, 3.63) is 42.2 Å². The molecule has 0 fully saturated rings. The number of anilines is 1. The molecule has 0 saturated carbocycles. The van der Waals surface area contributed by atoms with Crippen LogP contribution in [-0.2, 0) is 9.53 Å². The lowest BCUT2D eigenvalue weighted by Crippen LogP contribution is -2.16. The Morgan fingerprint density at radius 1 is 1.00 bits per heavy atom. The van der Waals surface area contributed by atoms with E-state index in [-0.39, 0.29) is 34.9 Å². The summed E-state index contributed by atoms with van der Waals surface area (Å²) in [5.74, 6) is 0.323. The second-order valence-corrected chi connectivity index (χ2v) is 8.07. The van der Waals surface area contributed by atoms with Gasteiger partial charge in [0.25, 0.3) is 5.22 Å². The number of carbonyl (C=O) groups is 2. The Labute approximate surface area is 210 Å². The summed E-state index contributed by atoms with van der Waals surface area (Å²) in [6.07, 6.45) is 0. The fraction of sp³-hybridized carbons (Fsp3) is 0.250. The SMILES string of the molecule is CCOC(=O)c1oc2ccccc2c1NC(=O)CSc1nnc(-c2cc(OC)c(OC)c(OC)c2)o1. The van der Waals surface area contributed by atoms with Crippen molar-refractivity contribution >= 4 is 40.3 Å². The Hall–Kier alpha value is -4.19. The van der Waals surface area contributed by atoms with Crippen LogP contribution in [0.1, 0.15) is 17.5 Å². The summed E-state index contributed by atoms with van der Waals surface area (Å²) in [6, 6.07) is 10.3. The van der Waals surface area contributed by atoms with Crippen LogP contribution < -0.4 is 19.5 Å². The summed E-state index contributed by atoms with van der Waals surface area (Å²) < 4.78 is 32.4. The van der Waals surface area contributed by atoms with Gasteiger partial charge in [-0.15, -0.1) is 10.2 Å². The van der Waals surface area contributed by atoms with E-state index in [2.05, 4.69) is 15.5 Å². The number of hydrogen-bond donors (Lipinski definition) is 1. The van der Waals surface area contributed by atoms with E-state index in [9.17, 15) is 9.59 Å². The highest BCUT2D eigenvalue weighted by atomic mass is 32.2. The molecular formula is C24H23N3O8S. The number of thioether (sulfide) groups is 1. The summed E-state index contributed by atoms with van der Waals surface area (Å²) in [4.78, 5) is 25.0. The van der Waals surface area contributed by atoms with Crippen molar-refractivity contribution < 1.29 is 37.4 Å². The summed E-state index contributed by atoms with van der Waals surface area (Å²) in [7, 11) is 4.52. The van der Waals surface area contributed by atoms with Gasteiger partial charge in [0.15, 0.2) is 11.5 Å². The predicted octanol–water partition coefficient (Wildman–Crippen LogP) is 4.42. The summed E-state index contributed by atoms with van der Waals surface area (Å²) in [6.45, 7) is 1.86. The number of carbonyl (C=O) groups excluding carboxylic acids is 2. The van der Waals surface area contributed by atoms with Gasteiger partial charge >= 0.3 is 5.97 Å². The Morgan fingerprint density at radius 2 is 1.72 bits per heavy atom. The van der Waals surface area contributed by atoms with Crippen LogP contribution >= 0.6 is 11.8 Å². The van der Waals surface area contributed by atoms with Crippen LogP contribution in [0.25, 0.3) is 22.4 Å². The van der Waals surface area contributed by atoms with Crippen LogP contribution in [0.2, 0.25) is 0 Å². The molecule has 0 aliphatic heterocycles. The lowest BCUT2D eigenvalue weighted by Gasteiger charge is -2.12. The molecular weight excluding hydrogens is 490 g/mol. The largest absolute Gasteiger partial charge is 0.493 e. The van der Waals surface area contributed by atoms with E-state index in [0.29, 0.717) is 33.8 Å². The summed E-state index contributed by atoms with van der Waals surface area (Å²) in [5.41, 5.74) is 1.26. The molecule has 0 atom stereocenters. The van der Waals surface area contributed by atoms with Gasteiger partial charge in [-0.1, -0.05) is 23.9 Å². The Balaban J connectivity index is 1.48. The number of ether oxygens (including phenoxy) is 4. The molecule has 2 aromatic heterocycles. The van der Waals surface area contributed by atoms with Crippen molar-refractivity contribution in [3.8, 4) is 28.7 Å². The molecule has 2 heterocycles. The molecule has 0 radical (unpaired) electrons. The van der Waals surface area contributed by atoms with E-state index in [0.717, 1.165) is 11.8 Å². The third kappa shape index (κ3) is 5.08. The predicted molar refractivity (Wildman–Crippen MR) is 131 cm³/mol. The number of furan rings is 1. The number of amides is 1. The maximum atomic E-state index is 12.7. The van der Waals surface area contributed by atoms with Crippen molar-refractivity contribution in [3.63, 3.8) is 0 Å². The van der Waals surface area contributed by atoms with Crippen molar-refractivity contribution in [2.45, 2.75) is 12.1 Å². The minimum Gasteiger partial charge on any atom is -0.493 e. The monoisotopic (exact) mass is 513 g/mol. The molecule has 4 aromatic rings. The maximum Gasteiger partial charge on any atom is 0.376 e. The molecule has 188 valence electrons. The fourth-order valence-corrected chi connectivity index (χ4v) is 3.97. The quantitative estimate of drug-likeness (QED) is 0.238. The average molecular weight is 514 g/mol. The topological polar surface area (TPSA) is 135 Å². The number of rotatable bonds is 10. The van der Waals surface area contributed by atoms with E-state index in [1.54, 1.807) is 43.3 Å². The molecule has 0 aliphatic rings. The van der Waals surface area contributed by atoms with Crippen LogP contribution in [0.15, 0.2) is 50.5 Å². The summed E-state index contributed by atoms with van der Waals surface area (Å²) in [5, 5.41) is 11.5. The van der Waals surface area contributed by atoms with Gasteiger partial charge in [0.05, 0.1) is 33.7 Å². The second-order valence-electron chi connectivity index (χ2n) is 7.15.